The molecule has 1 saturated heterocycles. The molecule has 8 nitrogen and oxygen atoms in total. The summed E-state index contributed by atoms with van der Waals surface area (Å²) in [6.45, 7) is 3.07. The zero-order chi connectivity index (χ0) is 18.7. The number of rotatable bonds is 12. The van der Waals surface area contributed by atoms with Crippen molar-refractivity contribution >= 4 is 5.91 Å². The van der Waals surface area contributed by atoms with Crippen LogP contribution in [0.3, 0.4) is 0 Å². The van der Waals surface area contributed by atoms with Crippen LogP contribution in [0.25, 0.3) is 0 Å². The highest BCUT2D eigenvalue weighted by atomic mass is 16.7. The number of aliphatic hydroxyl groups excluding tert-OH is 3. The number of methoxy groups -OCH3 is 1. The van der Waals surface area contributed by atoms with E-state index >= 15 is 0 Å². The second-order valence-electron chi connectivity index (χ2n) is 6.44. The maximum atomic E-state index is 11.6. The van der Waals surface area contributed by atoms with Gasteiger partial charge in [-0.3, -0.25) is 4.79 Å². The standard InChI is InChI=1S/C17H33NO7/c1-12-15(21)16(22)13(11-19)25-17(12)24-10-5-3-4-7-14(20)18-8-6-9-23-2/h12-13,15-17,19,21-22H,3-11H2,1-2H3,(H,18,20)/t12?,13?,15-,16+,17-/m1/s1. The van der Waals surface area contributed by atoms with E-state index in [0.717, 1.165) is 25.7 Å². The second-order valence-corrected chi connectivity index (χ2v) is 6.44. The van der Waals surface area contributed by atoms with E-state index in [0.29, 0.717) is 26.2 Å². The molecular formula is C17H33NO7. The van der Waals surface area contributed by atoms with Crippen LogP contribution in [-0.4, -0.2) is 79.3 Å². The zero-order valence-electron chi connectivity index (χ0n) is 15.2. The Balaban J connectivity index is 2.10. The number of unbranched alkanes of at least 4 members (excludes halogenated alkanes) is 2. The van der Waals surface area contributed by atoms with Gasteiger partial charge in [0, 0.05) is 39.2 Å². The SMILES string of the molecule is COCCCNC(=O)CCCCCO[C@@H]1OC(CO)[C@H](O)[C@H](O)C1C. The normalized spacial score (nSPS) is 29.6. The molecule has 1 heterocycles. The zero-order valence-corrected chi connectivity index (χ0v) is 15.2. The Bertz CT molecular complexity index is 367. The molecule has 0 aromatic heterocycles. The number of nitrogens with one attached hydrogen (secondary N) is 1. The number of aliphatic hydroxyl groups is 3. The van der Waals surface area contributed by atoms with E-state index < -0.39 is 24.6 Å². The van der Waals surface area contributed by atoms with Crippen molar-refractivity contribution in [3.63, 3.8) is 0 Å². The monoisotopic (exact) mass is 363 g/mol. The van der Waals surface area contributed by atoms with E-state index in [1.165, 1.54) is 0 Å². The Kier molecular flexibility index (Phi) is 11.2. The molecular weight excluding hydrogens is 330 g/mol. The molecule has 148 valence electrons. The van der Waals surface area contributed by atoms with Gasteiger partial charge in [0.25, 0.3) is 0 Å². The maximum absolute atomic E-state index is 11.6. The molecule has 0 aromatic rings. The quantitative estimate of drug-likeness (QED) is 0.354. The van der Waals surface area contributed by atoms with Gasteiger partial charge in [0.2, 0.25) is 5.91 Å². The number of carbonyl (C=O) groups is 1. The lowest BCUT2D eigenvalue weighted by molar-refractivity contribution is -0.282. The van der Waals surface area contributed by atoms with Gasteiger partial charge in [-0.05, 0) is 19.3 Å². The van der Waals surface area contributed by atoms with Crippen molar-refractivity contribution in [1.29, 1.82) is 0 Å². The first-order chi connectivity index (χ1) is 12.0. The largest absolute Gasteiger partial charge is 0.394 e. The predicted octanol–water partition coefficient (Wildman–Crippen LogP) is -0.209. The maximum Gasteiger partial charge on any atom is 0.219 e. The molecule has 1 aliphatic heterocycles. The molecule has 1 fully saturated rings. The summed E-state index contributed by atoms with van der Waals surface area (Å²) in [7, 11) is 1.63. The Hall–Kier alpha value is -0.770. The van der Waals surface area contributed by atoms with E-state index in [9.17, 15) is 20.1 Å². The Morgan fingerprint density at radius 1 is 1.12 bits per heavy atom. The molecule has 25 heavy (non-hydrogen) atoms. The first kappa shape index (κ1) is 22.3. The predicted molar refractivity (Wildman–Crippen MR) is 90.8 cm³/mol. The fraction of sp³-hybridized carbons (Fsp3) is 0.941. The smallest absolute Gasteiger partial charge is 0.219 e. The van der Waals surface area contributed by atoms with Gasteiger partial charge < -0.3 is 34.8 Å². The first-order valence-corrected chi connectivity index (χ1v) is 9.01. The van der Waals surface area contributed by atoms with Crippen LogP contribution in [0, 0.1) is 5.92 Å². The van der Waals surface area contributed by atoms with Gasteiger partial charge in [0.05, 0.1) is 12.7 Å². The highest BCUT2D eigenvalue weighted by molar-refractivity contribution is 5.75. The van der Waals surface area contributed by atoms with Crippen LogP contribution in [0.15, 0.2) is 0 Å². The van der Waals surface area contributed by atoms with E-state index in [1.54, 1.807) is 14.0 Å². The van der Waals surface area contributed by atoms with E-state index in [-0.39, 0.29) is 18.4 Å². The van der Waals surface area contributed by atoms with Crippen LogP contribution >= 0.6 is 0 Å². The molecule has 1 rings (SSSR count). The molecule has 0 spiro atoms. The summed E-state index contributed by atoms with van der Waals surface area (Å²) in [4.78, 5) is 11.6. The van der Waals surface area contributed by atoms with Gasteiger partial charge in [0.1, 0.15) is 12.2 Å². The van der Waals surface area contributed by atoms with Crippen molar-refractivity contribution in [1.82, 2.24) is 5.32 Å². The van der Waals surface area contributed by atoms with Gasteiger partial charge in [-0.25, -0.2) is 0 Å². The minimum atomic E-state index is -1.11. The lowest BCUT2D eigenvalue weighted by atomic mass is 9.92. The van der Waals surface area contributed by atoms with Gasteiger partial charge >= 0.3 is 0 Å². The van der Waals surface area contributed by atoms with Gasteiger partial charge in [0.15, 0.2) is 6.29 Å². The fourth-order valence-corrected chi connectivity index (χ4v) is 2.71. The number of amides is 1. The fourth-order valence-electron chi connectivity index (χ4n) is 2.71. The molecule has 1 amide bonds. The minimum absolute atomic E-state index is 0.0455. The summed E-state index contributed by atoms with van der Waals surface area (Å²) < 4.78 is 16.0. The summed E-state index contributed by atoms with van der Waals surface area (Å²) in [5.41, 5.74) is 0. The summed E-state index contributed by atoms with van der Waals surface area (Å²) in [5.74, 6) is -0.333. The Morgan fingerprint density at radius 2 is 1.88 bits per heavy atom. The van der Waals surface area contributed by atoms with Crippen LogP contribution in [0.4, 0.5) is 0 Å². The lowest BCUT2D eigenvalue weighted by Gasteiger charge is -2.40. The molecule has 0 radical (unpaired) electrons. The summed E-state index contributed by atoms with van der Waals surface area (Å²) in [5, 5.41) is 31.7. The van der Waals surface area contributed by atoms with Crippen LogP contribution in [0.1, 0.15) is 39.0 Å². The van der Waals surface area contributed by atoms with Gasteiger partial charge in [-0.15, -0.1) is 0 Å². The van der Waals surface area contributed by atoms with Crippen LogP contribution < -0.4 is 5.32 Å². The van der Waals surface area contributed by atoms with Crippen LogP contribution in [0.2, 0.25) is 0 Å². The van der Waals surface area contributed by atoms with Crippen molar-refractivity contribution < 1.29 is 34.3 Å². The van der Waals surface area contributed by atoms with E-state index in [4.69, 9.17) is 14.2 Å². The Labute approximate surface area is 149 Å². The van der Waals surface area contributed by atoms with Crippen molar-refractivity contribution in [2.24, 2.45) is 5.92 Å². The number of ether oxygens (including phenoxy) is 3. The third kappa shape index (κ3) is 7.98. The number of hydrogen-bond donors (Lipinski definition) is 4. The molecule has 5 atom stereocenters. The van der Waals surface area contributed by atoms with E-state index in [1.807, 2.05) is 0 Å². The Morgan fingerprint density at radius 3 is 2.56 bits per heavy atom. The third-order valence-electron chi connectivity index (χ3n) is 4.37. The van der Waals surface area contributed by atoms with Crippen molar-refractivity contribution in [3.8, 4) is 0 Å². The van der Waals surface area contributed by atoms with Crippen molar-refractivity contribution in [2.75, 3.05) is 33.5 Å². The molecule has 2 unspecified atom stereocenters. The number of hydrogen-bond acceptors (Lipinski definition) is 7. The molecule has 4 N–H and O–H groups in total. The van der Waals surface area contributed by atoms with Crippen molar-refractivity contribution in [2.45, 2.75) is 63.6 Å². The molecule has 8 heteroatoms. The summed E-state index contributed by atoms with van der Waals surface area (Å²) in [6.07, 6.45) is 0.109. The third-order valence-corrected chi connectivity index (χ3v) is 4.37. The van der Waals surface area contributed by atoms with Crippen molar-refractivity contribution in [3.05, 3.63) is 0 Å². The van der Waals surface area contributed by atoms with Gasteiger partial charge in [-0.2, -0.15) is 0 Å². The molecule has 1 aliphatic rings. The summed E-state index contributed by atoms with van der Waals surface area (Å²) >= 11 is 0. The molecule has 0 aromatic carbocycles. The van der Waals surface area contributed by atoms with Crippen LogP contribution in [0.5, 0.6) is 0 Å². The second kappa shape index (κ2) is 12.6. The highest BCUT2D eigenvalue weighted by Gasteiger charge is 2.42. The topological polar surface area (TPSA) is 117 Å². The van der Waals surface area contributed by atoms with E-state index in [2.05, 4.69) is 5.32 Å². The number of carbonyl (C=O) groups excluding carboxylic acids is 1. The average molecular weight is 363 g/mol. The minimum Gasteiger partial charge on any atom is -0.394 e. The first-order valence-electron chi connectivity index (χ1n) is 9.01. The van der Waals surface area contributed by atoms with Gasteiger partial charge in [-0.1, -0.05) is 13.3 Å². The lowest BCUT2D eigenvalue weighted by Crippen LogP contribution is -2.55. The average Bonchev–Trinajstić information content (AvgIpc) is 2.61. The summed E-state index contributed by atoms with van der Waals surface area (Å²) in [6, 6.07) is 0. The molecule has 0 aliphatic carbocycles. The highest BCUT2D eigenvalue weighted by Crippen LogP contribution is 2.26. The molecule has 0 bridgehead atoms. The van der Waals surface area contributed by atoms with Crippen LogP contribution in [-0.2, 0) is 19.0 Å². The molecule has 0 saturated carbocycles.